The number of aromatic amines is 2. The van der Waals surface area contributed by atoms with E-state index < -0.39 is 0 Å². The summed E-state index contributed by atoms with van der Waals surface area (Å²) in [4.78, 5) is 31.6. The normalized spacial score (nSPS) is 20.8. The summed E-state index contributed by atoms with van der Waals surface area (Å²) >= 11 is 0. The van der Waals surface area contributed by atoms with Crippen LogP contribution in [-0.2, 0) is 22.4 Å². The molecule has 1 saturated heterocycles. The number of H-pyrrole nitrogens is 2. The Kier molecular flexibility index (Phi) is 5.48. The van der Waals surface area contributed by atoms with Gasteiger partial charge in [0.1, 0.15) is 12.2 Å². The fourth-order valence-electron chi connectivity index (χ4n) is 5.01. The minimum Gasteiger partial charge on any atom is -0.396 e. The molecule has 1 aliphatic carbocycles. The van der Waals surface area contributed by atoms with Gasteiger partial charge in [-0.2, -0.15) is 5.10 Å². The molecule has 1 unspecified atom stereocenters. The number of anilines is 1. The van der Waals surface area contributed by atoms with Crippen molar-refractivity contribution in [2.45, 2.75) is 45.4 Å². The van der Waals surface area contributed by atoms with E-state index in [1.807, 2.05) is 18.2 Å². The molecule has 2 amide bonds. The Balaban J connectivity index is 1.36. The summed E-state index contributed by atoms with van der Waals surface area (Å²) in [5, 5.41) is 18.5. The van der Waals surface area contributed by atoms with E-state index in [0.717, 1.165) is 65.8 Å². The number of piperidine rings is 1. The predicted octanol–water partition coefficient (Wildman–Crippen LogP) is 3.02. The maximum atomic E-state index is 12.8. The third kappa shape index (κ3) is 4.04. The topological polar surface area (TPSA) is 105 Å². The van der Waals surface area contributed by atoms with Crippen LogP contribution < -0.4 is 4.90 Å². The van der Waals surface area contributed by atoms with E-state index in [1.165, 1.54) is 5.56 Å². The second kappa shape index (κ2) is 8.33. The molecule has 1 aromatic carbocycles. The minimum atomic E-state index is -0.0952. The van der Waals surface area contributed by atoms with Gasteiger partial charge in [0.25, 0.3) is 0 Å². The van der Waals surface area contributed by atoms with Crippen molar-refractivity contribution in [1.29, 1.82) is 0 Å². The van der Waals surface area contributed by atoms with Gasteiger partial charge >= 0.3 is 0 Å². The molecule has 1 aliphatic heterocycles. The Labute approximate surface area is 193 Å². The lowest BCUT2D eigenvalue weighted by Crippen LogP contribution is -2.43. The zero-order valence-electron chi connectivity index (χ0n) is 19.3. The van der Waals surface area contributed by atoms with E-state index in [0.29, 0.717) is 13.0 Å². The number of amides is 2. The first-order chi connectivity index (χ1) is 15.9. The van der Waals surface area contributed by atoms with Crippen molar-refractivity contribution in [2.75, 3.05) is 31.6 Å². The molecule has 0 saturated carbocycles. The number of rotatable bonds is 5. The maximum Gasteiger partial charge on any atom is 0.246 e. The van der Waals surface area contributed by atoms with Gasteiger partial charge in [-0.25, -0.2) is 0 Å². The Morgan fingerprint density at radius 3 is 2.91 bits per heavy atom. The first kappa shape index (κ1) is 21.7. The van der Waals surface area contributed by atoms with Gasteiger partial charge in [-0.1, -0.05) is 13.0 Å². The third-order valence-electron chi connectivity index (χ3n) is 7.29. The summed E-state index contributed by atoms with van der Waals surface area (Å²) in [6, 6.07) is 7.99. The van der Waals surface area contributed by atoms with Gasteiger partial charge in [0.15, 0.2) is 0 Å². The lowest BCUT2D eigenvalue weighted by molar-refractivity contribution is -0.137. The maximum absolute atomic E-state index is 12.8. The fourth-order valence-corrected chi connectivity index (χ4v) is 5.01. The first-order valence-electron chi connectivity index (χ1n) is 11.7. The summed E-state index contributed by atoms with van der Waals surface area (Å²) in [5.41, 5.74) is 5.81. The largest absolute Gasteiger partial charge is 0.396 e. The lowest BCUT2D eigenvalue weighted by Gasteiger charge is -2.31. The highest BCUT2D eigenvalue weighted by atomic mass is 16.3. The number of aliphatic hydroxyl groups is 1. The number of fused-ring (bicyclic) bond motifs is 2. The van der Waals surface area contributed by atoms with Crippen LogP contribution in [-0.4, -0.2) is 63.7 Å². The van der Waals surface area contributed by atoms with Crippen molar-refractivity contribution in [1.82, 2.24) is 20.1 Å². The fraction of sp³-hybridized carbons (Fsp3) is 0.480. The van der Waals surface area contributed by atoms with E-state index in [4.69, 9.17) is 0 Å². The monoisotopic (exact) mass is 449 g/mol. The van der Waals surface area contributed by atoms with Crippen molar-refractivity contribution in [3.8, 4) is 11.4 Å². The Hall–Kier alpha value is -3.13. The standard InChI is InChI=1S/C25H31N5O3/c1-25(15-31)9-8-18-21(13-25)27-28-24(18)20-11-16-6-7-17(12-19(16)26-20)29(2)23(33)14-30-10-4-3-5-22(30)32/h6-7,11-12,26,31H,3-5,8-10,13-15H2,1-2H3,(H,27,28). The molecular weight excluding hydrogens is 418 g/mol. The molecule has 33 heavy (non-hydrogen) atoms. The molecule has 1 fully saturated rings. The van der Waals surface area contributed by atoms with Crippen molar-refractivity contribution in [3.05, 3.63) is 35.5 Å². The average Bonchev–Trinajstić information content (AvgIpc) is 3.42. The van der Waals surface area contributed by atoms with Crippen molar-refractivity contribution < 1.29 is 14.7 Å². The van der Waals surface area contributed by atoms with Crippen LogP contribution in [0.15, 0.2) is 24.3 Å². The van der Waals surface area contributed by atoms with Gasteiger partial charge in [-0.3, -0.25) is 14.7 Å². The molecule has 3 N–H and O–H groups in total. The zero-order chi connectivity index (χ0) is 23.2. The van der Waals surface area contributed by atoms with Crippen LogP contribution in [0.3, 0.4) is 0 Å². The quantitative estimate of drug-likeness (QED) is 0.557. The van der Waals surface area contributed by atoms with E-state index in [9.17, 15) is 14.7 Å². The van der Waals surface area contributed by atoms with Crippen LogP contribution in [0.2, 0.25) is 0 Å². The summed E-state index contributed by atoms with van der Waals surface area (Å²) in [6.45, 7) is 3.06. The number of aromatic nitrogens is 3. The lowest BCUT2D eigenvalue weighted by atomic mass is 9.75. The SMILES string of the molecule is CN(C(=O)CN1CCCCC1=O)c1ccc2cc(-c3n[nH]c4c3CCC(C)(CO)C4)[nH]c2c1. The Morgan fingerprint density at radius 2 is 2.12 bits per heavy atom. The molecule has 174 valence electrons. The van der Waals surface area contributed by atoms with E-state index in [2.05, 4.69) is 28.2 Å². The summed E-state index contributed by atoms with van der Waals surface area (Å²) in [5.74, 6) is -0.0289. The number of hydrogen-bond acceptors (Lipinski definition) is 4. The van der Waals surface area contributed by atoms with Gasteiger partial charge < -0.3 is 19.9 Å². The molecule has 5 rings (SSSR count). The zero-order valence-corrected chi connectivity index (χ0v) is 19.3. The highest BCUT2D eigenvalue weighted by molar-refractivity contribution is 5.98. The molecule has 2 aliphatic rings. The van der Waals surface area contributed by atoms with Crippen molar-refractivity contribution >= 4 is 28.4 Å². The van der Waals surface area contributed by atoms with Crippen molar-refractivity contribution in [2.24, 2.45) is 5.41 Å². The van der Waals surface area contributed by atoms with Gasteiger partial charge in [-0.05, 0) is 55.7 Å². The number of benzene rings is 1. The Morgan fingerprint density at radius 1 is 1.27 bits per heavy atom. The van der Waals surface area contributed by atoms with Gasteiger partial charge in [0.2, 0.25) is 11.8 Å². The van der Waals surface area contributed by atoms with Crippen LogP contribution in [0.5, 0.6) is 0 Å². The molecule has 2 aromatic heterocycles. The van der Waals surface area contributed by atoms with E-state index in [-0.39, 0.29) is 30.4 Å². The second-order valence-electron chi connectivity index (χ2n) is 9.85. The van der Waals surface area contributed by atoms with Crippen LogP contribution in [0, 0.1) is 5.41 Å². The summed E-state index contributed by atoms with van der Waals surface area (Å²) < 4.78 is 0. The predicted molar refractivity (Wildman–Crippen MR) is 127 cm³/mol. The molecule has 0 radical (unpaired) electrons. The molecule has 8 heteroatoms. The molecule has 0 bridgehead atoms. The highest BCUT2D eigenvalue weighted by Gasteiger charge is 2.32. The first-order valence-corrected chi connectivity index (χ1v) is 11.7. The molecular formula is C25H31N5O3. The van der Waals surface area contributed by atoms with Gasteiger partial charge in [0.05, 0.1) is 5.69 Å². The van der Waals surface area contributed by atoms with Crippen LogP contribution in [0.4, 0.5) is 5.69 Å². The van der Waals surface area contributed by atoms with Crippen LogP contribution in [0.1, 0.15) is 43.9 Å². The van der Waals surface area contributed by atoms with E-state index >= 15 is 0 Å². The van der Waals surface area contributed by atoms with Crippen molar-refractivity contribution in [3.63, 3.8) is 0 Å². The van der Waals surface area contributed by atoms with Gasteiger partial charge in [0, 0.05) is 54.5 Å². The van der Waals surface area contributed by atoms with Gasteiger partial charge in [-0.15, -0.1) is 0 Å². The third-order valence-corrected chi connectivity index (χ3v) is 7.29. The number of aliphatic hydroxyl groups excluding tert-OH is 1. The molecule has 3 aromatic rings. The number of nitrogens with one attached hydrogen (secondary N) is 2. The highest BCUT2D eigenvalue weighted by Crippen LogP contribution is 2.38. The molecule has 8 nitrogen and oxygen atoms in total. The molecule has 1 atom stereocenters. The minimum absolute atomic E-state index is 0.0640. The number of carbonyl (C=O) groups is 2. The number of nitrogens with zero attached hydrogens (tertiary/aromatic N) is 3. The smallest absolute Gasteiger partial charge is 0.246 e. The number of likely N-dealkylation sites (tertiary alicyclic amines) is 1. The number of likely N-dealkylation sites (N-methyl/N-ethyl adjacent to an activating group) is 1. The summed E-state index contributed by atoms with van der Waals surface area (Å²) in [6.07, 6.45) is 5.00. The summed E-state index contributed by atoms with van der Waals surface area (Å²) in [7, 11) is 1.75. The molecule has 3 heterocycles. The van der Waals surface area contributed by atoms with Crippen LogP contribution >= 0.6 is 0 Å². The number of hydrogen-bond donors (Lipinski definition) is 3. The average molecular weight is 450 g/mol. The second-order valence-corrected chi connectivity index (χ2v) is 9.85. The molecule has 0 spiro atoms. The van der Waals surface area contributed by atoms with Crippen LogP contribution in [0.25, 0.3) is 22.3 Å². The van der Waals surface area contributed by atoms with E-state index in [1.54, 1.807) is 16.8 Å². The Bertz CT molecular complexity index is 1210. The number of carbonyl (C=O) groups excluding carboxylic acids is 2.